The highest BCUT2D eigenvalue weighted by molar-refractivity contribution is 9.11. The second-order valence-electron chi connectivity index (χ2n) is 3.30. The lowest BCUT2D eigenvalue weighted by Crippen LogP contribution is -2.18. The third-order valence-corrected chi connectivity index (χ3v) is 2.32. The van der Waals surface area contributed by atoms with Crippen LogP contribution in [0, 0.1) is 0 Å². The van der Waals surface area contributed by atoms with Crippen LogP contribution in [0.2, 0.25) is 0 Å². The van der Waals surface area contributed by atoms with Gasteiger partial charge in [-0.2, -0.15) is 0 Å². The molecule has 0 aliphatic carbocycles. The predicted octanol–water partition coefficient (Wildman–Crippen LogP) is 2.74. The van der Waals surface area contributed by atoms with Crippen LogP contribution < -0.4 is 10.1 Å². The van der Waals surface area contributed by atoms with Gasteiger partial charge in [-0.1, -0.05) is 34.6 Å². The van der Waals surface area contributed by atoms with E-state index in [-0.39, 0.29) is 0 Å². The molecule has 0 radical (unpaired) electrons. The van der Waals surface area contributed by atoms with Crippen LogP contribution in [0.3, 0.4) is 0 Å². The topological polar surface area (TPSA) is 21.3 Å². The van der Waals surface area contributed by atoms with Crippen LogP contribution in [0.15, 0.2) is 35.3 Å². The van der Waals surface area contributed by atoms with E-state index in [1.54, 1.807) is 7.11 Å². The molecule has 0 aromatic heterocycles. The lowest BCUT2D eigenvalue weighted by Gasteiger charge is -2.05. The molecule has 0 aliphatic heterocycles. The Kier molecular flexibility index (Phi) is 5.43. The van der Waals surface area contributed by atoms with E-state index < -0.39 is 0 Å². The Bertz CT molecular complexity index is 325. The summed E-state index contributed by atoms with van der Waals surface area (Å²) in [4.78, 5) is 0. The van der Waals surface area contributed by atoms with Crippen molar-refractivity contribution in [1.29, 1.82) is 0 Å². The first-order valence-electron chi connectivity index (χ1n) is 4.89. The largest absolute Gasteiger partial charge is 0.497 e. The van der Waals surface area contributed by atoms with Crippen LogP contribution in [0.25, 0.3) is 0 Å². The monoisotopic (exact) mass is 269 g/mol. The van der Waals surface area contributed by atoms with Crippen molar-refractivity contribution in [3.05, 3.63) is 40.9 Å². The van der Waals surface area contributed by atoms with E-state index in [2.05, 4.69) is 40.0 Å². The summed E-state index contributed by atoms with van der Waals surface area (Å²) < 4.78 is 6.14. The minimum Gasteiger partial charge on any atom is -0.497 e. The molecular formula is C12H16BrNO. The molecule has 1 rings (SSSR count). The molecule has 82 valence electrons. The highest BCUT2D eigenvalue weighted by atomic mass is 79.9. The predicted molar refractivity (Wildman–Crippen MR) is 67.6 cm³/mol. The second-order valence-corrected chi connectivity index (χ2v) is 4.42. The van der Waals surface area contributed by atoms with Crippen molar-refractivity contribution < 1.29 is 4.74 Å². The van der Waals surface area contributed by atoms with E-state index in [9.17, 15) is 0 Å². The van der Waals surface area contributed by atoms with Crippen molar-refractivity contribution in [3.63, 3.8) is 0 Å². The fourth-order valence-corrected chi connectivity index (χ4v) is 1.48. The molecule has 15 heavy (non-hydrogen) atoms. The first kappa shape index (κ1) is 12.3. The molecule has 0 fully saturated rings. The number of hydrogen-bond acceptors (Lipinski definition) is 2. The zero-order valence-electron chi connectivity index (χ0n) is 8.92. The van der Waals surface area contributed by atoms with E-state index in [0.717, 1.165) is 29.7 Å². The second kappa shape index (κ2) is 6.64. The fraction of sp³-hybridized carbons (Fsp3) is 0.333. The fourth-order valence-electron chi connectivity index (χ4n) is 1.28. The Hall–Kier alpha value is -0.800. The summed E-state index contributed by atoms with van der Waals surface area (Å²) in [5, 5.41) is 3.28. The molecule has 0 heterocycles. The Morgan fingerprint density at radius 2 is 2.33 bits per heavy atom. The average molecular weight is 270 g/mol. The first-order valence-corrected chi connectivity index (χ1v) is 5.68. The van der Waals surface area contributed by atoms with Crippen LogP contribution in [0.5, 0.6) is 5.75 Å². The smallest absolute Gasteiger partial charge is 0.119 e. The molecule has 0 saturated carbocycles. The highest BCUT2D eigenvalue weighted by Gasteiger charge is 1.95. The van der Waals surface area contributed by atoms with Gasteiger partial charge in [0.2, 0.25) is 0 Å². The molecule has 3 heteroatoms. The lowest BCUT2D eigenvalue weighted by molar-refractivity contribution is 0.414. The van der Waals surface area contributed by atoms with Gasteiger partial charge in [0, 0.05) is 11.0 Å². The Labute approximate surface area is 99.5 Å². The normalized spacial score (nSPS) is 10.0. The standard InChI is InChI=1S/C12H16BrNO/c1-10(13)9-14-7-6-11-4-3-5-12(8-11)15-2/h3-5,8,14H,1,6-7,9H2,2H3. The maximum Gasteiger partial charge on any atom is 0.119 e. The molecular weight excluding hydrogens is 254 g/mol. The van der Waals surface area contributed by atoms with Gasteiger partial charge in [0.25, 0.3) is 0 Å². The highest BCUT2D eigenvalue weighted by Crippen LogP contribution is 2.12. The van der Waals surface area contributed by atoms with Crippen molar-refractivity contribution in [1.82, 2.24) is 5.32 Å². The Morgan fingerprint density at radius 1 is 1.53 bits per heavy atom. The summed E-state index contributed by atoms with van der Waals surface area (Å²) in [5.41, 5.74) is 1.28. The molecule has 1 N–H and O–H groups in total. The molecule has 1 aromatic carbocycles. The minimum absolute atomic E-state index is 0.809. The molecule has 0 spiro atoms. The van der Waals surface area contributed by atoms with Gasteiger partial charge < -0.3 is 10.1 Å². The van der Waals surface area contributed by atoms with Gasteiger partial charge in [-0.15, -0.1) is 0 Å². The van der Waals surface area contributed by atoms with Crippen molar-refractivity contribution >= 4 is 15.9 Å². The third-order valence-electron chi connectivity index (χ3n) is 2.04. The average Bonchev–Trinajstić information content (AvgIpc) is 2.24. The quantitative estimate of drug-likeness (QED) is 0.802. The summed E-state index contributed by atoms with van der Waals surface area (Å²) in [6, 6.07) is 8.13. The molecule has 0 aliphatic rings. The van der Waals surface area contributed by atoms with Gasteiger partial charge >= 0.3 is 0 Å². The van der Waals surface area contributed by atoms with Crippen molar-refractivity contribution in [2.75, 3.05) is 20.2 Å². The van der Waals surface area contributed by atoms with Gasteiger partial charge in [0.05, 0.1) is 7.11 Å². The van der Waals surface area contributed by atoms with Crippen LogP contribution in [0.4, 0.5) is 0 Å². The molecule has 0 unspecified atom stereocenters. The maximum absolute atomic E-state index is 5.16. The zero-order valence-corrected chi connectivity index (χ0v) is 10.5. The molecule has 0 atom stereocenters. The van der Waals surface area contributed by atoms with Gasteiger partial charge in [0.15, 0.2) is 0 Å². The first-order chi connectivity index (χ1) is 7.22. The summed E-state index contributed by atoms with van der Waals surface area (Å²) in [6.07, 6.45) is 0.997. The van der Waals surface area contributed by atoms with Crippen molar-refractivity contribution in [2.45, 2.75) is 6.42 Å². The van der Waals surface area contributed by atoms with Gasteiger partial charge in [-0.3, -0.25) is 0 Å². The summed E-state index contributed by atoms with van der Waals surface area (Å²) in [7, 11) is 1.69. The van der Waals surface area contributed by atoms with Crippen LogP contribution in [-0.2, 0) is 6.42 Å². The van der Waals surface area contributed by atoms with Crippen molar-refractivity contribution in [2.24, 2.45) is 0 Å². The number of hydrogen-bond donors (Lipinski definition) is 1. The van der Waals surface area contributed by atoms with E-state index in [1.165, 1.54) is 5.56 Å². The summed E-state index contributed by atoms with van der Waals surface area (Å²) >= 11 is 3.31. The molecule has 0 saturated heterocycles. The Morgan fingerprint density at radius 3 is 3.00 bits per heavy atom. The number of benzene rings is 1. The SMILES string of the molecule is C=C(Br)CNCCc1cccc(OC)c1. The number of rotatable bonds is 6. The van der Waals surface area contributed by atoms with Crippen LogP contribution in [-0.4, -0.2) is 20.2 Å². The number of halogens is 1. The van der Waals surface area contributed by atoms with Gasteiger partial charge in [-0.25, -0.2) is 0 Å². The van der Waals surface area contributed by atoms with Crippen molar-refractivity contribution in [3.8, 4) is 5.75 Å². The van der Waals surface area contributed by atoms with E-state index in [0.29, 0.717) is 0 Å². The van der Waals surface area contributed by atoms with Crippen LogP contribution >= 0.6 is 15.9 Å². The Balaban J connectivity index is 2.33. The number of ether oxygens (including phenoxy) is 1. The van der Waals surface area contributed by atoms with Gasteiger partial charge in [0.1, 0.15) is 5.75 Å². The molecule has 0 amide bonds. The summed E-state index contributed by atoms with van der Waals surface area (Å²) in [5.74, 6) is 0.914. The molecule has 2 nitrogen and oxygen atoms in total. The van der Waals surface area contributed by atoms with Gasteiger partial charge in [-0.05, 0) is 30.7 Å². The number of nitrogens with one attached hydrogen (secondary N) is 1. The van der Waals surface area contributed by atoms with E-state index in [1.807, 2.05) is 12.1 Å². The molecule has 0 bridgehead atoms. The lowest BCUT2D eigenvalue weighted by atomic mass is 10.1. The van der Waals surface area contributed by atoms with E-state index >= 15 is 0 Å². The zero-order chi connectivity index (χ0) is 11.1. The molecule has 1 aromatic rings. The maximum atomic E-state index is 5.16. The third kappa shape index (κ3) is 5.00. The number of methoxy groups -OCH3 is 1. The summed E-state index contributed by atoms with van der Waals surface area (Å²) in [6.45, 7) is 5.51. The van der Waals surface area contributed by atoms with Crippen LogP contribution in [0.1, 0.15) is 5.56 Å². The minimum atomic E-state index is 0.809. The van der Waals surface area contributed by atoms with E-state index in [4.69, 9.17) is 4.74 Å².